The molecule has 0 heterocycles. The number of carbonyl (C=O) groups excluding carboxylic acids is 1. The Bertz CT molecular complexity index is 1780. The molecule has 0 bridgehead atoms. The van der Waals surface area contributed by atoms with Crippen LogP contribution in [0.3, 0.4) is 0 Å². The fourth-order valence-electron chi connectivity index (χ4n) is 4.32. The van der Waals surface area contributed by atoms with Crippen LogP contribution in [-0.4, -0.2) is 5.78 Å². The van der Waals surface area contributed by atoms with E-state index >= 15 is 0 Å². The molecular weight excluding hydrogens is 524 g/mol. The van der Waals surface area contributed by atoms with Gasteiger partial charge in [0.05, 0.1) is 5.56 Å². The Morgan fingerprint density at radius 1 is 0.357 bits per heavy atom. The lowest BCUT2D eigenvalue weighted by molar-refractivity contribution is 0.103. The zero-order valence-corrected chi connectivity index (χ0v) is 22.6. The Labute approximate surface area is 244 Å². The number of hydrogen-bond donors (Lipinski definition) is 0. The van der Waals surface area contributed by atoms with E-state index in [2.05, 4.69) is 0 Å². The average molecular weight is 551 g/mol. The number of ether oxygens (including phenoxy) is 4. The molecule has 0 N–H and O–H groups in total. The maximum absolute atomic E-state index is 13.8. The normalized spacial score (nSPS) is 10.5. The SMILES string of the molecule is O=C(c1ccccc1)c1cccc(Oc2ccccc2Oc2ccccc2)c1Oc1ccccc1Oc1ccccc1. The van der Waals surface area contributed by atoms with Crippen molar-refractivity contribution < 1.29 is 23.7 Å². The lowest BCUT2D eigenvalue weighted by atomic mass is 10.0. The third-order valence-corrected chi connectivity index (χ3v) is 6.33. The largest absolute Gasteiger partial charge is 0.453 e. The fourth-order valence-corrected chi connectivity index (χ4v) is 4.32. The number of carbonyl (C=O) groups is 1. The van der Waals surface area contributed by atoms with Crippen molar-refractivity contribution in [3.63, 3.8) is 0 Å². The van der Waals surface area contributed by atoms with Gasteiger partial charge in [0, 0.05) is 5.56 Å². The van der Waals surface area contributed by atoms with Gasteiger partial charge in [-0.3, -0.25) is 4.79 Å². The van der Waals surface area contributed by atoms with E-state index in [9.17, 15) is 4.79 Å². The van der Waals surface area contributed by atoms with E-state index in [-0.39, 0.29) is 11.5 Å². The highest BCUT2D eigenvalue weighted by Crippen LogP contribution is 2.44. The molecule has 6 rings (SSSR count). The molecular formula is C37H26O5. The number of ketones is 1. The monoisotopic (exact) mass is 550 g/mol. The highest BCUT2D eigenvalue weighted by molar-refractivity contribution is 6.11. The van der Waals surface area contributed by atoms with Crippen molar-refractivity contribution >= 4 is 5.78 Å². The van der Waals surface area contributed by atoms with Crippen LogP contribution in [0.2, 0.25) is 0 Å². The van der Waals surface area contributed by atoms with Gasteiger partial charge < -0.3 is 18.9 Å². The zero-order chi connectivity index (χ0) is 28.6. The van der Waals surface area contributed by atoms with E-state index in [0.717, 1.165) is 0 Å². The van der Waals surface area contributed by atoms with Crippen LogP contribution in [0.25, 0.3) is 0 Å². The van der Waals surface area contributed by atoms with Crippen molar-refractivity contribution in [1.82, 2.24) is 0 Å². The number of rotatable bonds is 10. The summed E-state index contributed by atoms with van der Waals surface area (Å²) in [4.78, 5) is 13.8. The van der Waals surface area contributed by atoms with Crippen LogP contribution in [-0.2, 0) is 0 Å². The van der Waals surface area contributed by atoms with Crippen LogP contribution in [0.15, 0.2) is 158 Å². The maximum atomic E-state index is 13.8. The van der Waals surface area contributed by atoms with E-state index in [1.165, 1.54) is 0 Å². The molecule has 6 aromatic carbocycles. The molecule has 5 nitrogen and oxygen atoms in total. The molecule has 5 heteroatoms. The maximum Gasteiger partial charge on any atom is 0.196 e. The topological polar surface area (TPSA) is 54.0 Å². The number of para-hydroxylation sites is 7. The first-order valence-electron chi connectivity index (χ1n) is 13.5. The van der Waals surface area contributed by atoms with Gasteiger partial charge in [0.2, 0.25) is 0 Å². The van der Waals surface area contributed by atoms with Crippen LogP contribution in [0.4, 0.5) is 0 Å². The van der Waals surface area contributed by atoms with Gasteiger partial charge in [-0.15, -0.1) is 0 Å². The summed E-state index contributed by atoms with van der Waals surface area (Å²) in [5, 5.41) is 0. The van der Waals surface area contributed by atoms with Crippen molar-refractivity contribution in [1.29, 1.82) is 0 Å². The van der Waals surface area contributed by atoms with Gasteiger partial charge in [-0.2, -0.15) is 0 Å². The van der Waals surface area contributed by atoms with Crippen molar-refractivity contribution in [2.24, 2.45) is 0 Å². The molecule has 0 aromatic heterocycles. The molecule has 0 unspecified atom stereocenters. The average Bonchev–Trinajstić information content (AvgIpc) is 3.05. The van der Waals surface area contributed by atoms with E-state index in [1.807, 2.05) is 115 Å². The summed E-state index contributed by atoms with van der Waals surface area (Å²) < 4.78 is 25.2. The van der Waals surface area contributed by atoms with Crippen LogP contribution >= 0.6 is 0 Å². The Kier molecular flexibility index (Phi) is 7.91. The molecule has 0 fully saturated rings. The summed E-state index contributed by atoms with van der Waals surface area (Å²) in [7, 11) is 0. The summed E-state index contributed by atoms with van der Waals surface area (Å²) in [6.07, 6.45) is 0. The lowest BCUT2D eigenvalue weighted by Crippen LogP contribution is -2.05. The third-order valence-electron chi connectivity index (χ3n) is 6.33. The molecule has 0 aliphatic rings. The van der Waals surface area contributed by atoms with E-state index in [1.54, 1.807) is 42.5 Å². The van der Waals surface area contributed by atoms with Crippen molar-refractivity contribution in [2.75, 3.05) is 0 Å². The first-order valence-corrected chi connectivity index (χ1v) is 13.5. The van der Waals surface area contributed by atoms with Crippen LogP contribution < -0.4 is 18.9 Å². The Balaban J connectivity index is 1.41. The number of benzene rings is 6. The Hall–Kier alpha value is -5.81. The minimum absolute atomic E-state index is 0.202. The predicted molar refractivity (Wildman–Crippen MR) is 162 cm³/mol. The minimum atomic E-state index is -0.202. The van der Waals surface area contributed by atoms with Gasteiger partial charge in [0.25, 0.3) is 0 Å². The molecule has 42 heavy (non-hydrogen) atoms. The molecule has 204 valence electrons. The minimum Gasteiger partial charge on any atom is -0.453 e. The van der Waals surface area contributed by atoms with Gasteiger partial charge in [-0.05, 0) is 60.7 Å². The third kappa shape index (κ3) is 6.16. The van der Waals surface area contributed by atoms with Crippen LogP contribution in [0, 0.1) is 0 Å². The smallest absolute Gasteiger partial charge is 0.196 e. The summed E-state index contributed by atoms with van der Waals surface area (Å²) in [5.74, 6) is 3.62. The second-order valence-corrected chi connectivity index (χ2v) is 9.26. The molecule has 6 aromatic rings. The zero-order valence-electron chi connectivity index (χ0n) is 22.6. The number of hydrogen-bond acceptors (Lipinski definition) is 5. The standard InChI is InChI=1S/C37H26O5/c38-36(27-15-4-1-5-16-27)30-21-14-26-35(41-33-24-12-10-22-31(33)39-28-17-6-2-7-18-28)37(30)42-34-25-13-11-23-32(34)40-29-19-8-3-9-20-29/h1-26H. The molecule has 0 aliphatic heterocycles. The van der Waals surface area contributed by atoms with Crippen molar-refractivity contribution in [2.45, 2.75) is 0 Å². The molecule has 0 radical (unpaired) electrons. The molecule has 0 aliphatic carbocycles. The second kappa shape index (κ2) is 12.6. The first kappa shape index (κ1) is 26.4. The van der Waals surface area contributed by atoms with Crippen molar-refractivity contribution in [3.05, 3.63) is 169 Å². The molecule has 0 amide bonds. The quantitative estimate of drug-likeness (QED) is 0.159. The molecule has 0 atom stereocenters. The van der Waals surface area contributed by atoms with E-state index < -0.39 is 0 Å². The first-order chi connectivity index (χ1) is 20.7. The van der Waals surface area contributed by atoms with Crippen LogP contribution in [0.1, 0.15) is 15.9 Å². The second-order valence-electron chi connectivity index (χ2n) is 9.26. The van der Waals surface area contributed by atoms with Gasteiger partial charge in [-0.1, -0.05) is 97.1 Å². The highest BCUT2D eigenvalue weighted by Gasteiger charge is 2.22. The summed E-state index contributed by atoms with van der Waals surface area (Å²) in [6, 6.07) is 47.9. The van der Waals surface area contributed by atoms with Gasteiger partial charge in [0.15, 0.2) is 40.3 Å². The van der Waals surface area contributed by atoms with Gasteiger partial charge in [-0.25, -0.2) is 0 Å². The Morgan fingerprint density at radius 2 is 0.762 bits per heavy atom. The summed E-state index contributed by atoms with van der Waals surface area (Å²) in [5.41, 5.74) is 0.871. The Morgan fingerprint density at radius 3 is 1.29 bits per heavy atom. The van der Waals surface area contributed by atoms with Crippen LogP contribution in [0.5, 0.6) is 46.0 Å². The molecule has 0 spiro atoms. The highest BCUT2D eigenvalue weighted by atomic mass is 16.6. The van der Waals surface area contributed by atoms with Gasteiger partial charge >= 0.3 is 0 Å². The summed E-state index contributed by atoms with van der Waals surface area (Å²) >= 11 is 0. The fraction of sp³-hybridized carbons (Fsp3) is 0. The van der Waals surface area contributed by atoms with E-state index in [0.29, 0.717) is 51.4 Å². The van der Waals surface area contributed by atoms with Crippen molar-refractivity contribution in [3.8, 4) is 46.0 Å². The predicted octanol–water partition coefficient (Wildman–Crippen LogP) is 10.1. The lowest BCUT2D eigenvalue weighted by Gasteiger charge is -2.19. The van der Waals surface area contributed by atoms with Gasteiger partial charge in [0.1, 0.15) is 11.5 Å². The molecule has 0 saturated heterocycles. The van der Waals surface area contributed by atoms with E-state index in [4.69, 9.17) is 18.9 Å². The summed E-state index contributed by atoms with van der Waals surface area (Å²) in [6.45, 7) is 0. The molecule has 0 saturated carbocycles.